The monoisotopic (exact) mass is 408 g/mol. The number of rotatable bonds is 7. The second-order valence-corrected chi connectivity index (χ2v) is 7.20. The average molecular weight is 408 g/mol. The molecule has 0 fully saturated rings. The molecule has 9 heteroatoms. The largest absolute Gasteiger partial charge is 0.304 e. The fourth-order valence-corrected chi connectivity index (χ4v) is 3.48. The maximum Gasteiger partial charge on any atom is 0.290 e. The van der Waals surface area contributed by atoms with Crippen LogP contribution in [-0.4, -0.2) is 20.7 Å². The van der Waals surface area contributed by atoms with Crippen molar-refractivity contribution in [1.29, 1.82) is 5.26 Å². The molecule has 148 valence electrons. The van der Waals surface area contributed by atoms with Crippen LogP contribution in [0, 0.1) is 18.3 Å². The Balaban J connectivity index is 1.87. The number of aromatic nitrogens is 3. The third-order valence-electron chi connectivity index (χ3n) is 4.18. The Morgan fingerprint density at radius 3 is 2.76 bits per heavy atom. The Morgan fingerprint density at radius 1 is 1.34 bits per heavy atom. The number of aryl methyl sites for hydroxylation is 2. The van der Waals surface area contributed by atoms with E-state index in [0.29, 0.717) is 27.9 Å². The van der Waals surface area contributed by atoms with Crippen LogP contribution >= 0.6 is 11.3 Å². The van der Waals surface area contributed by atoms with Crippen LogP contribution < -0.4 is 16.4 Å². The summed E-state index contributed by atoms with van der Waals surface area (Å²) < 4.78 is 1.33. The lowest BCUT2D eigenvalue weighted by atomic mass is 10.1. The van der Waals surface area contributed by atoms with Crippen molar-refractivity contribution in [2.24, 2.45) is 0 Å². The molecule has 0 radical (unpaired) electrons. The number of hydrazine groups is 1. The Labute approximate surface area is 171 Å². The second kappa shape index (κ2) is 9.12. The second-order valence-electron chi connectivity index (χ2n) is 6.34. The number of thiazole rings is 1. The van der Waals surface area contributed by atoms with Crippen LogP contribution in [0.25, 0.3) is 16.3 Å². The van der Waals surface area contributed by atoms with E-state index in [-0.39, 0.29) is 11.3 Å². The van der Waals surface area contributed by atoms with Crippen LogP contribution in [-0.2, 0) is 6.54 Å². The van der Waals surface area contributed by atoms with Crippen molar-refractivity contribution in [2.75, 3.05) is 0 Å². The molecule has 29 heavy (non-hydrogen) atoms. The molecule has 0 bridgehead atoms. The number of allylic oxidation sites excluding steroid dienone is 1. The van der Waals surface area contributed by atoms with Crippen molar-refractivity contribution < 1.29 is 4.79 Å². The van der Waals surface area contributed by atoms with E-state index >= 15 is 0 Å². The number of carbonyl (C=O) groups excluding carboxylic acids is 1. The quantitative estimate of drug-likeness (QED) is 0.459. The molecular weight excluding hydrogens is 388 g/mol. The molecule has 2 heterocycles. The molecule has 0 unspecified atom stereocenters. The number of hydrogen-bond donors (Lipinski definition) is 2. The summed E-state index contributed by atoms with van der Waals surface area (Å²) in [5.74, 6) is -0.504. The van der Waals surface area contributed by atoms with Gasteiger partial charge in [0.1, 0.15) is 16.6 Å². The van der Waals surface area contributed by atoms with Crippen molar-refractivity contribution in [3.63, 3.8) is 0 Å². The van der Waals surface area contributed by atoms with Crippen LogP contribution in [0.5, 0.6) is 0 Å². The maximum atomic E-state index is 12.7. The smallest absolute Gasteiger partial charge is 0.290 e. The van der Waals surface area contributed by atoms with E-state index in [0.717, 1.165) is 18.5 Å². The van der Waals surface area contributed by atoms with Gasteiger partial charge in [0.25, 0.3) is 11.5 Å². The Morgan fingerprint density at radius 2 is 2.10 bits per heavy atom. The topological polar surface area (TPSA) is 113 Å². The zero-order valence-corrected chi connectivity index (χ0v) is 16.9. The molecule has 0 saturated heterocycles. The van der Waals surface area contributed by atoms with Gasteiger partial charge in [0, 0.05) is 29.2 Å². The van der Waals surface area contributed by atoms with Crippen molar-refractivity contribution in [3.8, 4) is 6.07 Å². The fourth-order valence-electron chi connectivity index (χ4n) is 2.71. The molecule has 2 aromatic heterocycles. The van der Waals surface area contributed by atoms with Gasteiger partial charge in [-0.15, -0.1) is 11.3 Å². The minimum Gasteiger partial charge on any atom is -0.304 e. The van der Waals surface area contributed by atoms with Gasteiger partial charge in [0.15, 0.2) is 5.69 Å². The van der Waals surface area contributed by atoms with Gasteiger partial charge >= 0.3 is 0 Å². The highest BCUT2D eigenvalue weighted by atomic mass is 32.1. The highest BCUT2D eigenvalue weighted by molar-refractivity contribution is 7.10. The minimum absolute atomic E-state index is 0.140. The van der Waals surface area contributed by atoms with Crippen molar-refractivity contribution in [3.05, 3.63) is 62.6 Å². The number of hydrogen-bond acceptors (Lipinski definition) is 7. The van der Waals surface area contributed by atoms with E-state index in [1.165, 1.54) is 22.2 Å². The van der Waals surface area contributed by atoms with E-state index in [9.17, 15) is 14.9 Å². The highest BCUT2D eigenvalue weighted by Crippen LogP contribution is 2.17. The first-order valence-electron chi connectivity index (χ1n) is 9.13. The number of nitrogens with one attached hydrogen (secondary N) is 2. The zero-order chi connectivity index (χ0) is 20.8. The van der Waals surface area contributed by atoms with Crippen molar-refractivity contribution in [1.82, 2.24) is 25.6 Å². The van der Waals surface area contributed by atoms with E-state index < -0.39 is 5.91 Å². The maximum absolute atomic E-state index is 12.7. The van der Waals surface area contributed by atoms with Crippen molar-refractivity contribution >= 4 is 33.6 Å². The molecule has 0 saturated carbocycles. The van der Waals surface area contributed by atoms with E-state index in [1.54, 1.807) is 24.3 Å². The number of carbonyl (C=O) groups is 1. The lowest BCUT2D eigenvalue weighted by molar-refractivity contribution is 0.0935. The lowest BCUT2D eigenvalue weighted by Gasteiger charge is -2.11. The predicted molar refractivity (Wildman–Crippen MR) is 112 cm³/mol. The van der Waals surface area contributed by atoms with E-state index in [2.05, 4.69) is 20.9 Å². The van der Waals surface area contributed by atoms with Crippen LogP contribution in [0.15, 0.2) is 40.6 Å². The molecule has 0 aliphatic heterocycles. The summed E-state index contributed by atoms with van der Waals surface area (Å²) in [6.45, 7) is 4.30. The van der Waals surface area contributed by atoms with Gasteiger partial charge in [-0.25, -0.2) is 9.67 Å². The van der Waals surface area contributed by atoms with Crippen LogP contribution in [0.1, 0.15) is 41.0 Å². The van der Waals surface area contributed by atoms with Gasteiger partial charge in [-0.1, -0.05) is 31.5 Å². The van der Waals surface area contributed by atoms with Gasteiger partial charge in [-0.2, -0.15) is 10.4 Å². The number of nitrogens with zero attached hydrogens (tertiary/aromatic N) is 4. The summed E-state index contributed by atoms with van der Waals surface area (Å²) >= 11 is 1.35. The van der Waals surface area contributed by atoms with Gasteiger partial charge < -0.3 is 5.43 Å². The molecule has 0 aliphatic rings. The normalized spacial score (nSPS) is 11.3. The van der Waals surface area contributed by atoms with Gasteiger partial charge in [-0.3, -0.25) is 15.0 Å². The molecule has 3 aromatic rings. The summed E-state index contributed by atoms with van der Waals surface area (Å²) in [6, 6.07) is 8.93. The third kappa shape index (κ3) is 4.50. The fraction of sp³-hybridized carbons (Fsp3) is 0.250. The number of unbranched alkanes of at least 4 members (excludes halogenated alkanes) is 1. The van der Waals surface area contributed by atoms with Gasteiger partial charge in [0.05, 0.1) is 5.39 Å². The molecule has 1 aromatic carbocycles. The SMILES string of the molecule is CCCCn1nc(C(=O)NN/C=C(\C#N)c2nc(C)cs2)c2ccccc2c1=O. The summed E-state index contributed by atoms with van der Waals surface area (Å²) in [7, 11) is 0. The Kier molecular flexibility index (Phi) is 6.36. The number of amides is 1. The molecule has 8 nitrogen and oxygen atoms in total. The number of nitriles is 1. The van der Waals surface area contributed by atoms with Gasteiger partial charge in [-0.05, 0) is 19.4 Å². The van der Waals surface area contributed by atoms with Gasteiger partial charge in [0.2, 0.25) is 0 Å². The van der Waals surface area contributed by atoms with Crippen LogP contribution in [0.3, 0.4) is 0 Å². The molecule has 0 atom stereocenters. The zero-order valence-electron chi connectivity index (χ0n) is 16.1. The molecule has 3 rings (SSSR count). The van der Waals surface area contributed by atoms with E-state index in [4.69, 9.17) is 0 Å². The van der Waals surface area contributed by atoms with Crippen LogP contribution in [0.4, 0.5) is 0 Å². The Bertz CT molecular complexity index is 1170. The summed E-state index contributed by atoms with van der Waals surface area (Å²) in [5.41, 5.74) is 6.20. The van der Waals surface area contributed by atoms with E-state index in [1.807, 2.05) is 25.3 Å². The first kappa shape index (κ1) is 20.2. The molecular formula is C20H20N6O2S. The average Bonchev–Trinajstić information content (AvgIpc) is 3.16. The number of fused-ring (bicyclic) bond motifs is 1. The molecule has 0 aliphatic carbocycles. The predicted octanol–water partition coefficient (Wildman–Crippen LogP) is 2.76. The highest BCUT2D eigenvalue weighted by Gasteiger charge is 2.16. The lowest BCUT2D eigenvalue weighted by Crippen LogP contribution is -2.36. The summed E-state index contributed by atoms with van der Waals surface area (Å²) in [5, 5.41) is 16.9. The standard InChI is InChI=1S/C20H20N6O2S/c1-3-4-9-26-20(28)16-8-6-5-7-15(16)17(25-26)18(27)24-22-11-14(10-21)19-23-13(2)12-29-19/h5-8,11-12,22H,3-4,9H2,1-2H3,(H,24,27)/b14-11+. The summed E-state index contributed by atoms with van der Waals surface area (Å²) in [4.78, 5) is 29.6. The molecule has 2 N–H and O–H groups in total. The minimum atomic E-state index is -0.504. The van der Waals surface area contributed by atoms with Crippen molar-refractivity contribution in [2.45, 2.75) is 33.2 Å². The summed E-state index contributed by atoms with van der Waals surface area (Å²) in [6.07, 6.45) is 3.07. The third-order valence-corrected chi connectivity index (χ3v) is 5.17. The number of benzene rings is 1. The molecule has 0 spiro atoms. The molecule has 1 amide bonds. The Hall–Kier alpha value is -3.51. The first-order valence-corrected chi connectivity index (χ1v) is 10.0. The first-order chi connectivity index (χ1) is 14.0. The van der Waals surface area contributed by atoms with Crippen LogP contribution in [0.2, 0.25) is 0 Å².